The van der Waals surface area contributed by atoms with Crippen molar-refractivity contribution in [3.8, 4) is 0 Å². The van der Waals surface area contributed by atoms with Crippen LogP contribution in [0.5, 0.6) is 0 Å². The highest BCUT2D eigenvalue weighted by Gasteiger charge is 2.56. The van der Waals surface area contributed by atoms with Gasteiger partial charge in [0.2, 0.25) is 5.91 Å². The van der Waals surface area contributed by atoms with E-state index in [2.05, 4.69) is 15.2 Å². The predicted octanol–water partition coefficient (Wildman–Crippen LogP) is 2.60. The van der Waals surface area contributed by atoms with Crippen LogP contribution in [0.3, 0.4) is 0 Å². The predicted molar refractivity (Wildman–Crippen MR) is 110 cm³/mol. The molecule has 1 saturated heterocycles. The van der Waals surface area contributed by atoms with Gasteiger partial charge in [0.05, 0.1) is 0 Å². The maximum absolute atomic E-state index is 11.9. The Hall–Kier alpha value is -2.99. The zero-order chi connectivity index (χ0) is 20.2. The summed E-state index contributed by atoms with van der Waals surface area (Å²) in [4.78, 5) is 29.8. The molecule has 6 heteroatoms. The molecule has 0 radical (unpaired) electrons. The van der Waals surface area contributed by atoms with Gasteiger partial charge < -0.3 is 10.4 Å². The molecule has 1 aromatic heterocycles. The molecule has 1 saturated carbocycles. The molecule has 0 spiro atoms. The quantitative estimate of drug-likeness (QED) is 0.676. The van der Waals surface area contributed by atoms with Crippen molar-refractivity contribution in [3.63, 3.8) is 0 Å². The molecule has 4 rings (SSSR count). The number of fused-ring (bicyclic) bond motifs is 1. The average Bonchev–Trinajstić information content (AvgIpc) is 3.17. The zero-order valence-electron chi connectivity index (χ0n) is 16.1. The number of rotatable bonds is 8. The average molecular weight is 391 g/mol. The highest BCUT2D eigenvalue weighted by molar-refractivity contribution is 5.91. The van der Waals surface area contributed by atoms with E-state index in [1.165, 1.54) is 6.08 Å². The third-order valence-corrected chi connectivity index (χ3v) is 6.00. The normalized spacial score (nSPS) is 24.2. The van der Waals surface area contributed by atoms with Crippen molar-refractivity contribution in [2.45, 2.75) is 12.5 Å². The Kier molecular flexibility index (Phi) is 5.71. The van der Waals surface area contributed by atoms with Crippen LogP contribution in [0.1, 0.15) is 23.6 Å². The lowest BCUT2D eigenvalue weighted by Crippen LogP contribution is -2.35. The Morgan fingerprint density at radius 1 is 1.17 bits per heavy atom. The van der Waals surface area contributed by atoms with Crippen molar-refractivity contribution < 1.29 is 14.7 Å². The number of nitrogens with one attached hydrogen (secondary N) is 1. The topological polar surface area (TPSA) is 82.5 Å². The SMILES string of the molecule is O=C(/C=C/c1cccnc1)NCCC1C2CN(C(C(=O)O)c3ccccc3)CC12. The summed E-state index contributed by atoms with van der Waals surface area (Å²) in [6.45, 7) is 2.28. The Balaban J connectivity index is 1.21. The lowest BCUT2D eigenvalue weighted by Gasteiger charge is -2.27. The summed E-state index contributed by atoms with van der Waals surface area (Å²) in [5.41, 5.74) is 1.73. The highest BCUT2D eigenvalue weighted by atomic mass is 16.4. The fourth-order valence-electron chi connectivity index (χ4n) is 4.53. The Morgan fingerprint density at radius 2 is 1.93 bits per heavy atom. The first-order valence-corrected chi connectivity index (χ1v) is 10.0. The van der Waals surface area contributed by atoms with Gasteiger partial charge in [-0.15, -0.1) is 0 Å². The summed E-state index contributed by atoms with van der Waals surface area (Å²) in [5, 5.41) is 12.6. The van der Waals surface area contributed by atoms with Crippen molar-refractivity contribution in [1.82, 2.24) is 15.2 Å². The van der Waals surface area contributed by atoms with Gasteiger partial charge in [-0.1, -0.05) is 36.4 Å². The van der Waals surface area contributed by atoms with Crippen LogP contribution in [0.25, 0.3) is 6.08 Å². The van der Waals surface area contributed by atoms with Crippen molar-refractivity contribution in [2.75, 3.05) is 19.6 Å². The van der Waals surface area contributed by atoms with Crippen molar-refractivity contribution >= 4 is 18.0 Å². The summed E-state index contributed by atoms with van der Waals surface area (Å²) >= 11 is 0. The van der Waals surface area contributed by atoms with Crippen LogP contribution in [0, 0.1) is 17.8 Å². The first kappa shape index (κ1) is 19.3. The lowest BCUT2D eigenvalue weighted by molar-refractivity contribution is -0.143. The minimum absolute atomic E-state index is 0.101. The number of carboxylic acid groups (broad SMARTS) is 1. The minimum Gasteiger partial charge on any atom is -0.480 e. The number of carbonyl (C=O) groups is 2. The lowest BCUT2D eigenvalue weighted by atomic mass is 10.0. The molecular weight excluding hydrogens is 366 g/mol. The maximum Gasteiger partial charge on any atom is 0.325 e. The van der Waals surface area contributed by atoms with Crippen LogP contribution >= 0.6 is 0 Å². The van der Waals surface area contributed by atoms with E-state index in [1.807, 2.05) is 42.5 Å². The minimum atomic E-state index is -0.790. The Bertz CT molecular complexity index is 873. The van der Waals surface area contributed by atoms with E-state index in [4.69, 9.17) is 0 Å². The molecule has 150 valence electrons. The second kappa shape index (κ2) is 8.57. The summed E-state index contributed by atoms with van der Waals surface area (Å²) in [6, 6.07) is 12.6. The molecule has 2 aliphatic rings. The van der Waals surface area contributed by atoms with E-state index < -0.39 is 12.0 Å². The Morgan fingerprint density at radius 3 is 2.59 bits per heavy atom. The van der Waals surface area contributed by atoms with Crippen molar-refractivity contribution in [1.29, 1.82) is 0 Å². The van der Waals surface area contributed by atoms with E-state index in [-0.39, 0.29) is 5.91 Å². The molecule has 2 N–H and O–H groups in total. The number of hydrogen-bond donors (Lipinski definition) is 2. The number of hydrogen-bond acceptors (Lipinski definition) is 4. The van der Waals surface area contributed by atoms with E-state index >= 15 is 0 Å². The summed E-state index contributed by atoms with van der Waals surface area (Å²) in [7, 11) is 0. The first-order valence-electron chi connectivity index (χ1n) is 10.0. The number of pyridine rings is 1. The molecule has 29 heavy (non-hydrogen) atoms. The van der Waals surface area contributed by atoms with Crippen LogP contribution in [0.15, 0.2) is 60.9 Å². The van der Waals surface area contributed by atoms with E-state index in [0.717, 1.165) is 30.6 Å². The number of carboxylic acids is 1. The number of piperidine rings is 1. The fraction of sp³-hybridized carbons (Fsp3) is 0.348. The number of aromatic nitrogens is 1. The molecule has 3 atom stereocenters. The van der Waals surface area contributed by atoms with E-state index in [9.17, 15) is 14.7 Å². The van der Waals surface area contributed by atoms with Gasteiger partial charge in [0.1, 0.15) is 6.04 Å². The van der Waals surface area contributed by atoms with Gasteiger partial charge in [-0.2, -0.15) is 0 Å². The third kappa shape index (κ3) is 4.54. The molecule has 1 amide bonds. The van der Waals surface area contributed by atoms with Crippen LogP contribution in [-0.4, -0.2) is 46.5 Å². The first-order chi connectivity index (χ1) is 14.1. The van der Waals surface area contributed by atoms with Gasteiger partial charge >= 0.3 is 5.97 Å². The van der Waals surface area contributed by atoms with Crippen molar-refractivity contribution in [2.24, 2.45) is 17.8 Å². The zero-order valence-corrected chi connectivity index (χ0v) is 16.1. The summed E-state index contributed by atoms with van der Waals surface area (Å²) < 4.78 is 0. The molecule has 6 nitrogen and oxygen atoms in total. The summed E-state index contributed by atoms with van der Waals surface area (Å²) in [5.74, 6) is 0.781. The van der Waals surface area contributed by atoms with Gasteiger partial charge in [-0.05, 0) is 47.4 Å². The monoisotopic (exact) mass is 391 g/mol. The Labute approximate surface area is 170 Å². The van der Waals surface area contributed by atoms with E-state index in [0.29, 0.717) is 24.3 Å². The number of nitrogens with zero attached hydrogens (tertiary/aromatic N) is 2. The highest BCUT2D eigenvalue weighted by Crippen LogP contribution is 2.54. The van der Waals surface area contributed by atoms with Crippen LogP contribution < -0.4 is 5.32 Å². The van der Waals surface area contributed by atoms with Gasteiger partial charge in [0.15, 0.2) is 0 Å². The van der Waals surface area contributed by atoms with Gasteiger partial charge in [0, 0.05) is 38.1 Å². The van der Waals surface area contributed by atoms with Gasteiger partial charge in [-0.3, -0.25) is 19.5 Å². The molecule has 3 unspecified atom stereocenters. The van der Waals surface area contributed by atoms with Gasteiger partial charge in [-0.25, -0.2) is 0 Å². The third-order valence-electron chi connectivity index (χ3n) is 6.00. The number of aliphatic carboxylic acids is 1. The molecule has 2 fully saturated rings. The molecule has 2 heterocycles. The molecule has 1 aromatic carbocycles. The standard InChI is InChI=1S/C23H25N3O3/c27-21(9-8-16-5-4-11-24-13-16)25-12-10-18-19-14-26(15-20(18)19)22(23(28)29)17-6-2-1-3-7-17/h1-9,11,13,18-20,22H,10,12,14-15H2,(H,25,27)(H,28,29)/b9-8+. The van der Waals surface area contributed by atoms with Crippen molar-refractivity contribution in [3.05, 3.63) is 72.1 Å². The number of amides is 1. The van der Waals surface area contributed by atoms with Gasteiger partial charge in [0.25, 0.3) is 0 Å². The number of carbonyl (C=O) groups excluding carboxylic acids is 1. The summed E-state index contributed by atoms with van der Waals surface area (Å²) in [6.07, 6.45) is 7.63. The van der Waals surface area contributed by atoms with E-state index in [1.54, 1.807) is 18.5 Å². The molecule has 2 aromatic rings. The van der Waals surface area contributed by atoms with Crippen LogP contribution in [0.4, 0.5) is 0 Å². The largest absolute Gasteiger partial charge is 0.480 e. The van der Waals surface area contributed by atoms with Crippen LogP contribution in [-0.2, 0) is 9.59 Å². The molecular formula is C23H25N3O3. The molecule has 1 aliphatic carbocycles. The number of likely N-dealkylation sites (tertiary alicyclic amines) is 1. The van der Waals surface area contributed by atoms with Crippen LogP contribution in [0.2, 0.25) is 0 Å². The second-order valence-corrected chi connectivity index (χ2v) is 7.80. The fourth-order valence-corrected chi connectivity index (χ4v) is 4.53. The molecule has 0 bridgehead atoms. The smallest absolute Gasteiger partial charge is 0.325 e. The second-order valence-electron chi connectivity index (χ2n) is 7.80. The molecule has 1 aliphatic heterocycles. The number of benzene rings is 1. The maximum atomic E-state index is 11.9.